The van der Waals surface area contributed by atoms with E-state index in [1.165, 1.54) is 29.5 Å². The molecule has 1 aliphatic heterocycles. The monoisotopic (exact) mass is 521 g/mol. The van der Waals surface area contributed by atoms with Gasteiger partial charge in [-0.1, -0.05) is 30.3 Å². The average Bonchev–Trinajstić information content (AvgIpc) is 3.27. The van der Waals surface area contributed by atoms with Crippen LogP contribution in [-0.4, -0.2) is 46.0 Å². The largest absolute Gasteiger partial charge is 0.416 e. The highest BCUT2D eigenvalue weighted by Crippen LogP contribution is 2.30. The normalized spacial score (nSPS) is 18.6. The number of thiazole rings is 1. The van der Waals surface area contributed by atoms with Crippen LogP contribution in [0.5, 0.6) is 0 Å². The lowest BCUT2D eigenvalue weighted by Crippen LogP contribution is -2.48. The van der Waals surface area contributed by atoms with Crippen LogP contribution in [0.3, 0.4) is 0 Å². The summed E-state index contributed by atoms with van der Waals surface area (Å²) in [5.41, 5.74) is 0.943. The van der Waals surface area contributed by atoms with Crippen molar-refractivity contribution in [2.24, 2.45) is 0 Å². The molecule has 36 heavy (non-hydrogen) atoms. The number of alkyl halides is 3. The van der Waals surface area contributed by atoms with Gasteiger partial charge >= 0.3 is 6.18 Å². The minimum Gasteiger partial charge on any atom is -0.372 e. The zero-order valence-corrected chi connectivity index (χ0v) is 20.8. The first-order valence-corrected chi connectivity index (χ1v) is 12.5. The Balaban J connectivity index is 1.52. The molecule has 2 aromatic carbocycles. The molecule has 4 rings (SSSR count). The van der Waals surface area contributed by atoms with E-state index < -0.39 is 11.7 Å². The number of hydrogen-bond donors (Lipinski definition) is 0. The molecule has 1 aliphatic rings. The van der Waals surface area contributed by atoms with Gasteiger partial charge in [-0.05, 0) is 43.2 Å². The summed E-state index contributed by atoms with van der Waals surface area (Å²) in [6, 6.07) is 11.2. The molecule has 2 unspecified atom stereocenters. The maximum Gasteiger partial charge on any atom is 0.416 e. The number of rotatable bonds is 7. The van der Waals surface area contributed by atoms with Crippen LogP contribution >= 0.6 is 11.3 Å². The van der Waals surface area contributed by atoms with E-state index in [0.29, 0.717) is 42.4 Å². The molecule has 10 heteroatoms. The summed E-state index contributed by atoms with van der Waals surface area (Å²) >= 11 is 1.33. The molecule has 0 aliphatic carbocycles. The fraction of sp³-hybridized carbons (Fsp3) is 0.385. The molecule has 192 valence electrons. The van der Waals surface area contributed by atoms with E-state index in [9.17, 15) is 22.4 Å². The molecule has 0 spiro atoms. The summed E-state index contributed by atoms with van der Waals surface area (Å²) in [5.74, 6) is -0.527. The van der Waals surface area contributed by atoms with Gasteiger partial charge in [-0.15, -0.1) is 11.3 Å². The van der Waals surface area contributed by atoms with Crippen molar-refractivity contribution in [1.82, 2.24) is 14.8 Å². The quantitative estimate of drug-likeness (QED) is 0.372. The number of carbonyl (C=O) groups is 1. The van der Waals surface area contributed by atoms with Gasteiger partial charge in [-0.3, -0.25) is 9.69 Å². The number of nitrogens with zero attached hydrogens (tertiary/aromatic N) is 3. The third-order valence-corrected chi connectivity index (χ3v) is 6.65. The van der Waals surface area contributed by atoms with Gasteiger partial charge in [-0.2, -0.15) is 13.2 Å². The van der Waals surface area contributed by atoms with Gasteiger partial charge in [-0.25, -0.2) is 9.37 Å². The van der Waals surface area contributed by atoms with Gasteiger partial charge < -0.3 is 9.64 Å². The van der Waals surface area contributed by atoms with E-state index in [1.54, 1.807) is 28.5 Å². The van der Waals surface area contributed by atoms with Crippen molar-refractivity contribution in [1.29, 1.82) is 0 Å². The average molecular weight is 522 g/mol. The second-order valence-corrected chi connectivity index (χ2v) is 10.0. The first-order chi connectivity index (χ1) is 17.1. The maximum absolute atomic E-state index is 13.4. The van der Waals surface area contributed by atoms with Crippen LogP contribution in [0.2, 0.25) is 0 Å². The Bertz CT molecular complexity index is 1170. The minimum atomic E-state index is -4.43. The van der Waals surface area contributed by atoms with Gasteiger partial charge in [0, 0.05) is 31.6 Å². The predicted molar refractivity (Wildman–Crippen MR) is 129 cm³/mol. The van der Waals surface area contributed by atoms with Crippen LogP contribution < -0.4 is 0 Å². The number of ether oxygens (including phenoxy) is 1. The number of aromatic nitrogens is 1. The van der Waals surface area contributed by atoms with E-state index in [1.807, 2.05) is 18.7 Å². The van der Waals surface area contributed by atoms with Crippen molar-refractivity contribution in [2.75, 3.05) is 13.1 Å². The Labute approximate surface area is 211 Å². The van der Waals surface area contributed by atoms with Crippen molar-refractivity contribution < 1.29 is 27.1 Å². The molecule has 1 saturated heterocycles. The fourth-order valence-electron chi connectivity index (χ4n) is 4.30. The molecule has 2 heterocycles. The smallest absolute Gasteiger partial charge is 0.372 e. The Morgan fingerprint density at radius 3 is 2.39 bits per heavy atom. The summed E-state index contributed by atoms with van der Waals surface area (Å²) in [6.07, 6.45) is -4.56. The second kappa shape index (κ2) is 11.1. The Hall–Kier alpha value is -2.82. The summed E-state index contributed by atoms with van der Waals surface area (Å²) in [5, 5.41) is 2.38. The van der Waals surface area contributed by atoms with Crippen LogP contribution in [0, 0.1) is 5.82 Å². The molecule has 5 nitrogen and oxygen atoms in total. The van der Waals surface area contributed by atoms with E-state index in [2.05, 4.69) is 4.98 Å². The molecule has 0 bridgehead atoms. The molecular weight excluding hydrogens is 494 g/mol. The highest BCUT2D eigenvalue weighted by atomic mass is 32.1. The number of carbonyl (C=O) groups excluding carboxylic acids is 1. The molecule has 0 saturated carbocycles. The van der Waals surface area contributed by atoms with E-state index in [4.69, 9.17) is 4.74 Å². The third-order valence-electron chi connectivity index (χ3n) is 5.82. The van der Waals surface area contributed by atoms with E-state index in [-0.39, 0.29) is 30.5 Å². The second-order valence-electron chi connectivity index (χ2n) is 9.06. The van der Waals surface area contributed by atoms with Crippen molar-refractivity contribution in [2.45, 2.75) is 51.9 Å². The lowest BCUT2D eigenvalue weighted by molar-refractivity contribution is -0.137. The van der Waals surface area contributed by atoms with Gasteiger partial charge in [0.2, 0.25) is 0 Å². The number of morpholine rings is 1. The highest BCUT2D eigenvalue weighted by molar-refractivity contribution is 7.09. The zero-order chi connectivity index (χ0) is 25.9. The standard InChI is InChI=1S/C26H27F4N3O2S/c1-17-11-33(12-18(2)35-17)25(34)23-16-36-24(31-23)15-32(13-19-6-8-22(27)9-7-19)14-20-4-3-5-21(10-20)26(28,29)30/h3-10,16-18H,11-15H2,1-2H3. The van der Waals surface area contributed by atoms with Crippen molar-refractivity contribution in [3.63, 3.8) is 0 Å². The molecule has 0 radical (unpaired) electrons. The van der Waals surface area contributed by atoms with Crippen LogP contribution in [-0.2, 0) is 30.5 Å². The van der Waals surface area contributed by atoms with Gasteiger partial charge in [0.25, 0.3) is 5.91 Å². The van der Waals surface area contributed by atoms with Crippen LogP contribution in [0.4, 0.5) is 17.6 Å². The summed E-state index contributed by atoms with van der Waals surface area (Å²) in [4.78, 5) is 21.2. The van der Waals surface area contributed by atoms with Gasteiger partial charge in [0.05, 0.1) is 24.3 Å². The van der Waals surface area contributed by atoms with Crippen molar-refractivity contribution in [3.05, 3.63) is 87.1 Å². The Morgan fingerprint density at radius 1 is 1.06 bits per heavy atom. The molecule has 2 atom stereocenters. The SMILES string of the molecule is CC1CN(C(=O)c2csc(CN(Cc3ccc(F)cc3)Cc3cccc(C(F)(F)F)c3)n2)CC(C)O1. The van der Waals surface area contributed by atoms with Gasteiger partial charge in [0.15, 0.2) is 0 Å². The summed E-state index contributed by atoms with van der Waals surface area (Å²) in [6.45, 7) is 5.74. The number of benzene rings is 2. The molecular formula is C26H27F4N3O2S. The number of amides is 1. The van der Waals surface area contributed by atoms with Gasteiger partial charge in [0.1, 0.15) is 16.5 Å². The molecule has 1 aromatic heterocycles. The van der Waals surface area contributed by atoms with Crippen molar-refractivity contribution >= 4 is 17.2 Å². The zero-order valence-electron chi connectivity index (χ0n) is 20.0. The summed E-state index contributed by atoms with van der Waals surface area (Å²) in [7, 11) is 0. The van der Waals surface area contributed by atoms with E-state index >= 15 is 0 Å². The third kappa shape index (κ3) is 6.89. The van der Waals surface area contributed by atoms with Crippen LogP contribution in [0.15, 0.2) is 53.9 Å². The van der Waals surface area contributed by atoms with Crippen LogP contribution in [0.1, 0.15) is 46.0 Å². The molecule has 3 aromatic rings. The minimum absolute atomic E-state index is 0.0607. The molecule has 1 amide bonds. The lowest BCUT2D eigenvalue weighted by atomic mass is 10.1. The van der Waals surface area contributed by atoms with E-state index in [0.717, 1.165) is 17.7 Å². The molecule has 1 fully saturated rings. The Kier molecular flexibility index (Phi) is 8.07. The first-order valence-electron chi connectivity index (χ1n) is 11.6. The highest BCUT2D eigenvalue weighted by Gasteiger charge is 2.31. The lowest BCUT2D eigenvalue weighted by Gasteiger charge is -2.34. The maximum atomic E-state index is 13.4. The summed E-state index contributed by atoms with van der Waals surface area (Å²) < 4.78 is 58.7. The Morgan fingerprint density at radius 2 is 1.72 bits per heavy atom. The first kappa shape index (κ1) is 26.2. The fourth-order valence-corrected chi connectivity index (χ4v) is 5.11. The molecule has 0 N–H and O–H groups in total. The number of halogens is 4. The van der Waals surface area contributed by atoms with Crippen LogP contribution in [0.25, 0.3) is 0 Å². The topological polar surface area (TPSA) is 45.7 Å². The number of hydrogen-bond acceptors (Lipinski definition) is 5. The predicted octanol–water partition coefficient (Wildman–Crippen LogP) is 5.75. The van der Waals surface area contributed by atoms with Crippen molar-refractivity contribution in [3.8, 4) is 0 Å².